The van der Waals surface area contributed by atoms with Gasteiger partial charge in [-0.25, -0.2) is 0 Å². The van der Waals surface area contributed by atoms with Crippen LogP contribution in [-0.4, -0.2) is 31.3 Å². The molecule has 3 amide bonds. The average Bonchev–Trinajstić information content (AvgIpc) is 3.06. The quantitative estimate of drug-likeness (QED) is 0.723. The molecule has 1 unspecified atom stereocenters. The van der Waals surface area contributed by atoms with Gasteiger partial charge in [0.05, 0.1) is 16.5 Å². The third-order valence-corrected chi connectivity index (χ3v) is 5.87. The van der Waals surface area contributed by atoms with Crippen LogP contribution in [0.5, 0.6) is 0 Å². The molecule has 0 bridgehead atoms. The van der Waals surface area contributed by atoms with E-state index in [9.17, 15) is 14.4 Å². The molecule has 1 heterocycles. The van der Waals surface area contributed by atoms with E-state index in [0.717, 1.165) is 15.7 Å². The van der Waals surface area contributed by atoms with Crippen LogP contribution in [0.2, 0.25) is 5.02 Å². The Morgan fingerprint density at radius 1 is 1.21 bits per heavy atom. The van der Waals surface area contributed by atoms with Crippen LogP contribution in [0.3, 0.4) is 0 Å². The van der Waals surface area contributed by atoms with Crippen LogP contribution in [0.15, 0.2) is 40.9 Å². The summed E-state index contributed by atoms with van der Waals surface area (Å²) in [5.74, 6) is -1.18. The highest BCUT2D eigenvalue weighted by atomic mass is 79.9. The fourth-order valence-corrected chi connectivity index (χ4v) is 3.54. The SMILES string of the molecule is CNC(=O)c1cc(NC(=O)C2CC(=O)N(c3ccc(Br)c(C)c3)C2)ccc1Cl. The van der Waals surface area contributed by atoms with E-state index in [-0.39, 0.29) is 29.7 Å². The number of rotatable bonds is 4. The molecule has 2 aromatic carbocycles. The maximum Gasteiger partial charge on any atom is 0.252 e. The summed E-state index contributed by atoms with van der Waals surface area (Å²) in [4.78, 5) is 38.6. The Hall–Kier alpha value is -2.38. The first-order valence-electron chi connectivity index (χ1n) is 8.69. The first kappa shape index (κ1) is 20.4. The molecule has 8 heteroatoms. The summed E-state index contributed by atoms with van der Waals surface area (Å²) in [5.41, 5.74) is 2.52. The lowest BCUT2D eigenvalue weighted by Gasteiger charge is -2.18. The van der Waals surface area contributed by atoms with Crippen molar-refractivity contribution in [3.05, 3.63) is 57.0 Å². The van der Waals surface area contributed by atoms with Gasteiger partial charge in [0, 0.05) is 35.9 Å². The molecule has 1 atom stereocenters. The molecule has 2 aromatic rings. The number of aryl methyl sites for hydroxylation is 1. The largest absolute Gasteiger partial charge is 0.355 e. The molecule has 28 heavy (non-hydrogen) atoms. The zero-order valence-corrected chi connectivity index (χ0v) is 17.7. The van der Waals surface area contributed by atoms with Crippen LogP contribution < -0.4 is 15.5 Å². The van der Waals surface area contributed by atoms with Gasteiger partial charge >= 0.3 is 0 Å². The topological polar surface area (TPSA) is 78.5 Å². The number of amides is 3. The van der Waals surface area contributed by atoms with Crippen LogP contribution in [-0.2, 0) is 9.59 Å². The second-order valence-corrected chi connectivity index (χ2v) is 7.86. The zero-order valence-electron chi connectivity index (χ0n) is 15.4. The predicted molar refractivity (Wildman–Crippen MR) is 113 cm³/mol. The minimum atomic E-state index is -0.476. The van der Waals surface area contributed by atoms with Crippen molar-refractivity contribution in [1.82, 2.24) is 5.32 Å². The molecule has 1 aliphatic rings. The number of carbonyl (C=O) groups is 3. The Morgan fingerprint density at radius 3 is 2.64 bits per heavy atom. The average molecular weight is 465 g/mol. The molecule has 0 spiro atoms. The highest BCUT2D eigenvalue weighted by Gasteiger charge is 2.35. The number of nitrogens with zero attached hydrogens (tertiary/aromatic N) is 1. The molecular formula is C20H19BrClN3O3. The van der Waals surface area contributed by atoms with E-state index in [1.165, 1.54) is 13.1 Å². The van der Waals surface area contributed by atoms with Crippen molar-refractivity contribution < 1.29 is 14.4 Å². The van der Waals surface area contributed by atoms with Crippen molar-refractivity contribution in [2.75, 3.05) is 23.8 Å². The molecule has 1 aliphatic heterocycles. The van der Waals surface area contributed by atoms with E-state index in [2.05, 4.69) is 26.6 Å². The Bertz CT molecular complexity index is 964. The molecule has 1 fully saturated rings. The van der Waals surface area contributed by atoms with Gasteiger partial charge in [0.25, 0.3) is 5.91 Å². The van der Waals surface area contributed by atoms with E-state index in [0.29, 0.717) is 17.3 Å². The number of hydrogen-bond donors (Lipinski definition) is 2. The molecule has 2 N–H and O–H groups in total. The summed E-state index contributed by atoms with van der Waals surface area (Å²) in [7, 11) is 1.51. The highest BCUT2D eigenvalue weighted by Crippen LogP contribution is 2.29. The fraction of sp³-hybridized carbons (Fsp3) is 0.250. The lowest BCUT2D eigenvalue weighted by molar-refractivity contribution is -0.122. The molecule has 0 aromatic heterocycles. The van der Waals surface area contributed by atoms with Gasteiger partial charge in [0.1, 0.15) is 0 Å². The Morgan fingerprint density at radius 2 is 1.96 bits per heavy atom. The van der Waals surface area contributed by atoms with Crippen molar-refractivity contribution in [1.29, 1.82) is 0 Å². The number of hydrogen-bond acceptors (Lipinski definition) is 3. The van der Waals surface area contributed by atoms with E-state index < -0.39 is 5.92 Å². The number of benzene rings is 2. The van der Waals surface area contributed by atoms with Crippen LogP contribution >= 0.6 is 27.5 Å². The van der Waals surface area contributed by atoms with E-state index in [1.54, 1.807) is 17.0 Å². The van der Waals surface area contributed by atoms with E-state index in [4.69, 9.17) is 11.6 Å². The lowest BCUT2D eigenvalue weighted by Crippen LogP contribution is -2.28. The van der Waals surface area contributed by atoms with Gasteiger partial charge in [-0.15, -0.1) is 0 Å². The molecule has 0 radical (unpaired) electrons. The summed E-state index contributed by atoms with van der Waals surface area (Å²) >= 11 is 9.48. The smallest absolute Gasteiger partial charge is 0.252 e. The molecular weight excluding hydrogens is 446 g/mol. The van der Waals surface area contributed by atoms with Crippen LogP contribution in [0.4, 0.5) is 11.4 Å². The Labute approximate surface area is 176 Å². The second-order valence-electron chi connectivity index (χ2n) is 6.60. The number of halogens is 2. The summed E-state index contributed by atoms with van der Waals surface area (Å²) in [6.07, 6.45) is 0.136. The highest BCUT2D eigenvalue weighted by molar-refractivity contribution is 9.10. The van der Waals surface area contributed by atoms with Gasteiger partial charge in [-0.3, -0.25) is 14.4 Å². The second kappa shape index (κ2) is 8.32. The predicted octanol–water partition coefficient (Wildman–Crippen LogP) is 3.76. The van der Waals surface area contributed by atoms with Crippen molar-refractivity contribution >= 4 is 56.6 Å². The first-order chi connectivity index (χ1) is 13.3. The normalized spacial score (nSPS) is 16.2. The number of anilines is 2. The van der Waals surface area contributed by atoms with Gasteiger partial charge < -0.3 is 15.5 Å². The van der Waals surface area contributed by atoms with Crippen molar-refractivity contribution in [3.8, 4) is 0 Å². The monoisotopic (exact) mass is 463 g/mol. The van der Waals surface area contributed by atoms with Crippen molar-refractivity contribution in [2.45, 2.75) is 13.3 Å². The van der Waals surface area contributed by atoms with Crippen LogP contribution in [0.1, 0.15) is 22.3 Å². The maximum absolute atomic E-state index is 12.7. The van der Waals surface area contributed by atoms with Crippen molar-refractivity contribution in [2.24, 2.45) is 5.92 Å². The molecule has 146 valence electrons. The van der Waals surface area contributed by atoms with Crippen LogP contribution in [0, 0.1) is 12.8 Å². The van der Waals surface area contributed by atoms with Crippen LogP contribution in [0.25, 0.3) is 0 Å². The van der Waals surface area contributed by atoms with E-state index in [1.807, 2.05) is 25.1 Å². The fourth-order valence-electron chi connectivity index (χ4n) is 3.09. The maximum atomic E-state index is 12.7. The molecule has 1 saturated heterocycles. The van der Waals surface area contributed by atoms with Gasteiger partial charge in [0.15, 0.2) is 0 Å². The van der Waals surface area contributed by atoms with Gasteiger partial charge in [-0.05, 0) is 48.9 Å². The Balaban J connectivity index is 1.73. The third-order valence-electron chi connectivity index (χ3n) is 4.65. The lowest BCUT2D eigenvalue weighted by atomic mass is 10.1. The molecule has 3 rings (SSSR count). The van der Waals surface area contributed by atoms with E-state index >= 15 is 0 Å². The summed E-state index contributed by atoms with van der Waals surface area (Å²) in [5, 5.41) is 5.58. The summed E-state index contributed by atoms with van der Waals surface area (Å²) in [6, 6.07) is 10.4. The first-order valence-corrected chi connectivity index (χ1v) is 9.86. The minimum absolute atomic E-state index is 0.0935. The standard InChI is InChI=1S/C20H19BrClN3O3/c1-11-7-14(4-5-16(11)21)25-10-12(8-18(25)26)19(27)24-13-3-6-17(22)15(9-13)20(28)23-2/h3-7,9,12H,8,10H2,1-2H3,(H,23,28)(H,24,27). The van der Waals surface area contributed by atoms with Gasteiger partial charge in [-0.2, -0.15) is 0 Å². The molecule has 0 aliphatic carbocycles. The molecule has 6 nitrogen and oxygen atoms in total. The van der Waals surface area contributed by atoms with Crippen molar-refractivity contribution in [3.63, 3.8) is 0 Å². The molecule has 0 saturated carbocycles. The Kier molecular flexibility index (Phi) is 6.05. The third kappa shape index (κ3) is 4.20. The minimum Gasteiger partial charge on any atom is -0.355 e. The number of nitrogens with one attached hydrogen (secondary N) is 2. The van der Waals surface area contributed by atoms with Gasteiger partial charge in [-0.1, -0.05) is 27.5 Å². The van der Waals surface area contributed by atoms with Gasteiger partial charge in [0.2, 0.25) is 11.8 Å². The summed E-state index contributed by atoms with van der Waals surface area (Å²) in [6.45, 7) is 2.25. The zero-order chi connectivity index (χ0) is 20.4. The number of carbonyl (C=O) groups excluding carboxylic acids is 3. The summed E-state index contributed by atoms with van der Waals surface area (Å²) < 4.78 is 0.965.